The van der Waals surface area contributed by atoms with Gasteiger partial charge in [-0.2, -0.15) is 0 Å². The van der Waals surface area contributed by atoms with E-state index in [4.69, 9.17) is 5.73 Å². The Morgan fingerprint density at radius 3 is 2.35 bits per heavy atom. The van der Waals surface area contributed by atoms with Gasteiger partial charge in [0.1, 0.15) is 16.0 Å². The number of hydrogen-bond donors (Lipinski definition) is 2. The van der Waals surface area contributed by atoms with E-state index < -0.39 is 37.2 Å². The molecule has 1 amide bonds. The predicted octanol–water partition coefficient (Wildman–Crippen LogP) is 1.48. The molecule has 0 aliphatic heterocycles. The molecule has 0 spiro atoms. The number of amides is 1. The zero-order valence-corrected chi connectivity index (χ0v) is 12.7. The van der Waals surface area contributed by atoms with E-state index in [9.17, 15) is 17.6 Å². The first kappa shape index (κ1) is 16.4. The number of halogens is 1. The van der Waals surface area contributed by atoms with Crippen molar-refractivity contribution in [3.8, 4) is 0 Å². The second-order valence-electron chi connectivity index (χ2n) is 5.62. The van der Waals surface area contributed by atoms with E-state index in [0.717, 1.165) is 12.1 Å². The highest BCUT2D eigenvalue weighted by Crippen LogP contribution is 2.22. The molecule has 0 saturated carbocycles. The molecule has 0 aromatic heterocycles. The van der Waals surface area contributed by atoms with Gasteiger partial charge in [0.05, 0.1) is 0 Å². The van der Waals surface area contributed by atoms with Crippen molar-refractivity contribution >= 4 is 21.4 Å². The van der Waals surface area contributed by atoms with E-state index in [-0.39, 0.29) is 5.69 Å². The first-order chi connectivity index (χ1) is 8.95. The van der Waals surface area contributed by atoms with Crippen LogP contribution in [0.15, 0.2) is 23.1 Å². The van der Waals surface area contributed by atoms with Gasteiger partial charge in [-0.05, 0) is 45.9 Å². The molecular formula is C13H19FN2O3S. The van der Waals surface area contributed by atoms with Crippen LogP contribution in [0.4, 0.5) is 10.1 Å². The van der Waals surface area contributed by atoms with Crippen molar-refractivity contribution in [1.29, 1.82) is 0 Å². The summed E-state index contributed by atoms with van der Waals surface area (Å²) in [6.07, 6.45) is 0. The first-order valence-electron chi connectivity index (χ1n) is 6.06. The molecule has 3 N–H and O–H groups in total. The molecule has 0 aliphatic rings. The summed E-state index contributed by atoms with van der Waals surface area (Å²) in [4.78, 5) is 11.4. The number of nitrogens with one attached hydrogen (secondary N) is 1. The van der Waals surface area contributed by atoms with Crippen LogP contribution >= 0.6 is 0 Å². The second kappa shape index (κ2) is 5.40. The number of nitrogen functional groups attached to an aromatic ring is 1. The maximum atomic E-state index is 13.7. The van der Waals surface area contributed by atoms with Crippen LogP contribution in [0.1, 0.15) is 27.7 Å². The van der Waals surface area contributed by atoms with Crippen LogP contribution in [0, 0.1) is 5.82 Å². The number of hydrogen-bond acceptors (Lipinski definition) is 4. The third-order valence-electron chi connectivity index (χ3n) is 2.60. The van der Waals surface area contributed by atoms with Gasteiger partial charge in [0, 0.05) is 11.2 Å². The summed E-state index contributed by atoms with van der Waals surface area (Å²) in [6.45, 7) is 6.42. The molecular weight excluding hydrogens is 283 g/mol. The van der Waals surface area contributed by atoms with Crippen molar-refractivity contribution in [3.63, 3.8) is 0 Å². The zero-order valence-electron chi connectivity index (χ0n) is 11.9. The third kappa shape index (κ3) is 3.69. The summed E-state index contributed by atoms with van der Waals surface area (Å²) >= 11 is 0. The smallest absolute Gasteiger partial charge is 0.238 e. The number of carbonyl (C=O) groups excluding carboxylic acids is 1. The lowest BCUT2D eigenvalue weighted by molar-refractivity contribution is -0.121. The Labute approximate surface area is 118 Å². The van der Waals surface area contributed by atoms with Gasteiger partial charge >= 0.3 is 0 Å². The quantitative estimate of drug-likeness (QED) is 0.828. The van der Waals surface area contributed by atoms with Crippen LogP contribution < -0.4 is 11.1 Å². The minimum Gasteiger partial charge on any atom is -0.399 e. The van der Waals surface area contributed by atoms with E-state index in [1.807, 2.05) is 0 Å². The first-order valence-corrected chi connectivity index (χ1v) is 7.61. The molecule has 0 heterocycles. The molecule has 0 fully saturated rings. The number of anilines is 1. The molecule has 7 heteroatoms. The van der Waals surface area contributed by atoms with Gasteiger partial charge in [-0.1, -0.05) is 0 Å². The molecule has 0 saturated heterocycles. The SMILES string of the molecule is CC(C(=O)NC(C)(C)C)S(=O)(=O)c1ccc(N)cc1F. The summed E-state index contributed by atoms with van der Waals surface area (Å²) < 4.78 is 38.2. The predicted molar refractivity (Wildman–Crippen MR) is 75.4 cm³/mol. The summed E-state index contributed by atoms with van der Waals surface area (Å²) in [6, 6.07) is 3.27. The van der Waals surface area contributed by atoms with Gasteiger partial charge in [0.25, 0.3) is 0 Å². The number of benzene rings is 1. The van der Waals surface area contributed by atoms with E-state index >= 15 is 0 Å². The Hall–Kier alpha value is -1.63. The molecule has 1 rings (SSSR count). The maximum absolute atomic E-state index is 13.7. The van der Waals surface area contributed by atoms with Gasteiger partial charge in [-0.3, -0.25) is 4.79 Å². The summed E-state index contributed by atoms with van der Waals surface area (Å²) in [7, 11) is -4.10. The van der Waals surface area contributed by atoms with Crippen molar-refractivity contribution in [2.45, 2.75) is 43.4 Å². The second-order valence-corrected chi connectivity index (χ2v) is 7.85. The zero-order chi connectivity index (χ0) is 15.7. The molecule has 1 unspecified atom stereocenters. The Kier molecular flexibility index (Phi) is 4.43. The Morgan fingerprint density at radius 1 is 1.35 bits per heavy atom. The lowest BCUT2D eigenvalue weighted by Gasteiger charge is -2.23. The van der Waals surface area contributed by atoms with E-state index in [1.165, 1.54) is 13.0 Å². The molecule has 20 heavy (non-hydrogen) atoms. The van der Waals surface area contributed by atoms with E-state index in [2.05, 4.69) is 5.32 Å². The van der Waals surface area contributed by atoms with E-state index in [1.54, 1.807) is 20.8 Å². The van der Waals surface area contributed by atoms with Gasteiger partial charge in [-0.15, -0.1) is 0 Å². The van der Waals surface area contributed by atoms with Crippen LogP contribution in [0.5, 0.6) is 0 Å². The van der Waals surface area contributed by atoms with Crippen molar-refractivity contribution in [2.24, 2.45) is 0 Å². The molecule has 0 radical (unpaired) electrons. The Morgan fingerprint density at radius 2 is 1.90 bits per heavy atom. The summed E-state index contributed by atoms with van der Waals surface area (Å²) in [5.74, 6) is -1.63. The number of nitrogens with two attached hydrogens (primary N) is 1. The minimum absolute atomic E-state index is 0.119. The van der Waals surface area contributed by atoms with Crippen LogP contribution in [0.3, 0.4) is 0 Å². The summed E-state index contributed by atoms with van der Waals surface area (Å²) in [5, 5.41) is 1.17. The van der Waals surface area contributed by atoms with Crippen molar-refractivity contribution < 1.29 is 17.6 Å². The number of rotatable bonds is 3. The highest BCUT2D eigenvalue weighted by molar-refractivity contribution is 7.92. The van der Waals surface area contributed by atoms with Gasteiger partial charge in [0.2, 0.25) is 5.91 Å². The third-order valence-corrected chi connectivity index (χ3v) is 4.68. The van der Waals surface area contributed by atoms with Crippen molar-refractivity contribution in [2.75, 3.05) is 5.73 Å². The molecule has 1 aromatic rings. The molecule has 5 nitrogen and oxygen atoms in total. The maximum Gasteiger partial charge on any atom is 0.238 e. The topological polar surface area (TPSA) is 89.3 Å². The fourth-order valence-corrected chi connectivity index (χ4v) is 2.86. The van der Waals surface area contributed by atoms with Crippen LogP contribution in [-0.4, -0.2) is 25.1 Å². The average Bonchev–Trinajstić information content (AvgIpc) is 2.24. The Balaban J connectivity index is 3.13. The number of sulfone groups is 1. The normalized spacial score (nSPS) is 13.8. The molecule has 0 aliphatic carbocycles. The monoisotopic (exact) mass is 302 g/mol. The van der Waals surface area contributed by atoms with Crippen molar-refractivity contribution in [3.05, 3.63) is 24.0 Å². The lowest BCUT2D eigenvalue weighted by Crippen LogP contribution is -2.47. The van der Waals surface area contributed by atoms with Crippen LogP contribution in [-0.2, 0) is 14.6 Å². The van der Waals surface area contributed by atoms with Gasteiger partial charge in [0.15, 0.2) is 9.84 Å². The lowest BCUT2D eigenvalue weighted by atomic mass is 10.1. The highest BCUT2D eigenvalue weighted by atomic mass is 32.2. The fourth-order valence-electron chi connectivity index (χ4n) is 1.55. The minimum atomic E-state index is -4.10. The highest BCUT2D eigenvalue weighted by Gasteiger charge is 2.33. The molecule has 112 valence electrons. The van der Waals surface area contributed by atoms with Crippen molar-refractivity contribution in [1.82, 2.24) is 5.32 Å². The van der Waals surface area contributed by atoms with Crippen LogP contribution in [0.25, 0.3) is 0 Å². The van der Waals surface area contributed by atoms with E-state index in [0.29, 0.717) is 0 Å². The average molecular weight is 302 g/mol. The largest absolute Gasteiger partial charge is 0.399 e. The molecule has 1 aromatic carbocycles. The standard InChI is InChI=1S/C13H19FN2O3S/c1-8(12(17)16-13(2,3)4)20(18,19)11-6-5-9(15)7-10(11)14/h5-8H,15H2,1-4H3,(H,16,17). The fraction of sp³-hybridized carbons (Fsp3) is 0.462. The number of carbonyl (C=O) groups is 1. The molecule has 0 bridgehead atoms. The Bertz CT molecular complexity index is 621. The molecule has 1 atom stereocenters. The van der Waals surface area contributed by atoms with Gasteiger partial charge < -0.3 is 11.1 Å². The summed E-state index contributed by atoms with van der Waals surface area (Å²) in [5.41, 5.74) is 4.93. The van der Waals surface area contributed by atoms with Gasteiger partial charge in [-0.25, -0.2) is 12.8 Å². The van der Waals surface area contributed by atoms with Crippen LogP contribution in [0.2, 0.25) is 0 Å².